The lowest BCUT2D eigenvalue weighted by atomic mass is 10.3. The van der Waals surface area contributed by atoms with Crippen LogP contribution in [0.4, 0.5) is 18.9 Å². The molecule has 0 saturated heterocycles. The Morgan fingerprint density at radius 1 is 0.913 bits per heavy atom. The molecule has 1 N–H and O–H groups in total. The molecule has 0 fully saturated rings. The van der Waals surface area contributed by atoms with E-state index in [1.54, 1.807) is 0 Å². The van der Waals surface area contributed by atoms with Gasteiger partial charge in [-0.2, -0.15) is 0 Å². The average molecular weight is 347 g/mol. The number of nitrogens with one attached hydrogen (secondary N) is 1. The first kappa shape index (κ1) is 16.9. The summed E-state index contributed by atoms with van der Waals surface area (Å²) < 4.78 is 75.7. The summed E-state index contributed by atoms with van der Waals surface area (Å²) in [6, 6.07) is 4.92. The molecular formula is C14H12F3NO4S. The molecule has 0 unspecified atom stereocenters. The summed E-state index contributed by atoms with van der Waals surface area (Å²) in [6.07, 6.45) is 0. The number of halogens is 3. The minimum atomic E-state index is -4.31. The van der Waals surface area contributed by atoms with E-state index >= 15 is 0 Å². The summed E-state index contributed by atoms with van der Waals surface area (Å²) in [5, 5.41) is 0. The highest BCUT2D eigenvalue weighted by molar-refractivity contribution is 7.92. The summed E-state index contributed by atoms with van der Waals surface area (Å²) in [5.41, 5.74) is 0.0767. The lowest BCUT2D eigenvalue weighted by Crippen LogP contribution is -2.14. The van der Waals surface area contributed by atoms with E-state index in [4.69, 9.17) is 9.47 Å². The van der Waals surface area contributed by atoms with Crippen LogP contribution in [0.2, 0.25) is 0 Å². The SMILES string of the molecule is COc1ccc(NS(=O)(=O)c2cc(F)c(F)c(F)c2)cc1OC. The second-order valence-electron chi connectivity index (χ2n) is 4.38. The van der Waals surface area contributed by atoms with Gasteiger partial charge in [-0.25, -0.2) is 21.6 Å². The Bertz CT molecular complexity index is 817. The summed E-state index contributed by atoms with van der Waals surface area (Å²) >= 11 is 0. The molecule has 0 aliphatic carbocycles. The number of benzene rings is 2. The van der Waals surface area contributed by atoms with Gasteiger partial charge in [-0.1, -0.05) is 0 Å². The predicted octanol–water partition coefficient (Wildman–Crippen LogP) is 2.92. The summed E-state index contributed by atoms with van der Waals surface area (Å²) in [4.78, 5) is -0.747. The van der Waals surface area contributed by atoms with Crippen molar-refractivity contribution < 1.29 is 31.1 Å². The Balaban J connectivity index is 2.39. The van der Waals surface area contributed by atoms with Gasteiger partial charge in [0.1, 0.15) is 0 Å². The van der Waals surface area contributed by atoms with Crippen LogP contribution in [0.1, 0.15) is 0 Å². The van der Waals surface area contributed by atoms with E-state index in [0.717, 1.165) is 0 Å². The van der Waals surface area contributed by atoms with Gasteiger partial charge in [0.05, 0.1) is 24.8 Å². The van der Waals surface area contributed by atoms with E-state index in [9.17, 15) is 21.6 Å². The van der Waals surface area contributed by atoms with Crippen molar-refractivity contribution in [3.8, 4) is 11.5 Å². The highest BCUT2D eigenvalue weighted by Gasteiger charge is 2.20. The van der Waals surface area contributed by atoms with Gasteiger partial charge in [-0.15, -0.1) is 0 Å². The van der Waals surface area contributed by atoms with Crippen molar-refractivity contribution in [2.24, 2.45) is 0 Å². The molecule has 0 amide bonds. The highest BCUT2D eigenvalue weighted by atomic mass is 32.2. The molecular weight excluding hydrogens is 335 g/mol. The Morgan fingerprint density at radius 2 is 1.48 bits per heavy atom. The lowest BCUT2D eigenvalue weighted by molar-refractivity contribution is 0.355. The van der Waals surface area contributed by atoms with Crippen LogP contribution in [-0.2, 0) is 10.0 Å². The van der Waals surface area contributed by atoms with Gasteiger partial charge in [-0.3, -0.25) is 4.72 Å². The molecule has 0 spiro atoms. The summed E-state index contributed by atoms with van der Waals surface area (Å²) in [5.74, 6) is -4.32. The van der Waals surface area contributed by atoms with Gasteiger partial charge < -0.3 is 9.47 Å². The molecule has 2 rings (SSSR count). The first-order chi connectivity index (χ1) is 10.8. The third-order valence-electron chi connectivity index (χ3n) is 2.90. The zero-order chi connectivity index (χ0) is 17.2. The maximum absolute atomic E-state index is 13.2. The minimum absolute atomic E-state index is 0.0767. The Labute approximate surface area is 130 Å². The molecule has 0 heterocycles. The lowest BCUT2D eigenvalue weighted by Gasteiger charge is -2.12. The van der Waals surface area contributed by atoms with Crippen LogP contribution in [0, 0.1) is 17.5 Å². The standard InChI is InChI=1S/C14H12F3NO4S/c1-21-12-4-3-8(5-13(12)22-2)18-23(19,20)9-6-10(15)14(17)11(16)7-9/h3-7,18H,1-2H3. The van der Waals surface area contributed by atoms with E-state index in [1.807, 2.05) is 0 Å². The molecule has 0 saturated carbocycles. The second kappa shape index (κ2) is 6.37. The molecule has 0 aliphatic heterocycles. The van der Waals surface area contributed by atoms with Crippen molar-refractivity contribution in [2.45, 2.75) is 4.90 Å². The minimum Gasteiger partial charge on any atom is -0.493 e. The molecule has 5 nitrogen and oxygen atoms in total. The van der Waals surface area contributed by atoms with Gasteiger partial charge in [0.2, 0.25) is 0 Å². The van der Waals surface area contributed by atoms with Gasteiger partial charge in [-0.05, 0) is 24.3 Å². The number of anilines is 1. The van der Waals surface area contributed by atoms with Crippen LogP contribution in [-0.4, -0.2) is 22.6 Å². The molecule has 0 atom stereocenters. The zero-order valence-corrected chi connectivity index (χ0v) is 12.9. The highest BCUT2D eigenvalue weighted by Crippen LogP contribution is 2.31. The van der Waals surface area contributed by atoms with Gasteiger partial charge >= 0.3 is 0 Å². The molecule has 0 bridgehead atoms. The number of hydrogen-bond acceptors (Lipinski definition) is 4. The van der Waals surface area contributed by atoms with Gasteiger partial charge in [0.25, 0.3) is 10.0 Å². The Kier molecular flexibility index (Phi) is 4.69. The summed E-state index contributed by atoms with van der Waals surface area (Å²) in [6.45, 7) is 0. The Morgan fingerprint density at radius 3 is 2.00 bits per heavy atom. The molecule has 0 radical (unpaired) electrons. The van der Waals surface area contributed by atoms with Crippen molar-refractivity contribution in [1.29, 1.82) is 0 Å². The van der Waals surface area contributed by atoms with Crippen molar-refractivity contribution in [3.05, 3.63) is 47.8 Å². The summed E-state index contributed by atoms with van der Waals surface area (Å²) in [7, 11) is -1.54. The van der Waals surface area contributed by atoms with E-state index in [0.29, 0.717) is 17.9 Å². The zero-order valence-electron chi connectivity index (χ0n) is 12.1. The van der Waals surface area contributed by atoms with Crippen LogP contribution in [0.15, 0.2) is 35.2 Å². The van der Waals surface area contributed by atoms with Crippen molar-refractivity contribution in [1.82, 2.24) is 0 Å². The normalized spacial score (nSPS) is 11.2. The first-order valence-corrected chi connectivity index (χ1v) is 7.66. The largest absolute Gasteiger partial charge is 0.493 e. The number of ether oxygens (including phenoxy) is 2. The molecule has 124 valence electrons. The van der Waals surface area contributed by atoms with Gasteiger partial charge in [0, 0.05) is 6.07 Å². The second-order valence-corrected chi connectivity index (χ2v) is 6.06. The molecule has 2 aromatic rings. The quantitative estimate of drug-likeness (QED) is 0.845. The van der Waals surface area contributed by atoms with E-state index in [1.165, 1.54) is 32.4 Å². The van der Waals surface area contributed by atoms with E-state index < -0.39 is 32.4 Å². The van der Waals surface area contributed by atoms with Crippen LogP contribution in [0.3, 0.4) is 0 Å². The van der Waals surface area contributed by atoms with E-state index in [-0.39, 0.29) is 11.4 Å². The number of sulfonamides is 1. The maximum atomic E-state index is 13.2. The maximum Gasteiger partial charge on any atom is 0.262 e. The first-order valence-electron chi connectivity index (χ1n) is 6.18. The number of methoxy groups -OCH3 is 2. The van der Waals surface area contributed by atoms with Crippen molar-refractivity contribution >= 4 is 15.7 Å². The van der Waals surface area contributed by atoms with Gasteiger partial charge in [0.15, 0.2) is 29.0 Å². The third kappa shape index (κ3) is 3.50. The number of hydrogen-bond donors (Lipinski definition) is 1. The molecule has 2 aromatic carbocycles. The monoisotopic (exact) mass is 347 g/mol. The molecule has 9 heteroatoms. The van der Waals surface area contributed by atoms with Crippen LogP contribution in [0.5, 0.6) is 11.5 Å². The van der Waals surface area contributed by atoms with Crippen molar-refractivity contribution in [3.63, 3.8) is 0 Å². The Hall–Kier alpha value is -2.42. The molecule has 23 heavy (non-hydrogen) atoms. The predicted molar refractivity (Wildman–Crippen MR) is 76.7 cm³/mol. The fourth-order valence-electron chi connectivity index (χ4n) is 1.80. The fraction of sp³-hybridized carbons (Fsp3) is 0.143. The fourth-order valence-corrected chi connectivity index (χ4v) is 2.87. The average Bonchev–Trinajstić information content (AvgIpc) is 2.51. The topological polar surface area (TPSA) is 64.6 Å². The molecule has 0 aliphatic rings. The third-order valence-corrected chi connectivity index (χ3v) is 4.26. The van der Waals surface area contributed by atoms with Crippen LogP contribution < -0.4 is 14.2 Å². The van der Waals surface area contributed by atoms with Crippen LogP contribution in [0.25, 0.3) is 0 Å². The smallest absolute Gasteiger partial charge is 0.262 e. The number of rotatable bonds is 5. The van der Waals surface area contributed by atoms with Crippen LogP contribution >= 0.6 is 0 Å². The molecule has 0 aromatic heterocycles. The van der Waals surface area contributed by atoms with Crippen molar-refractivity contribution in [2.75, 3.05) is 18.9 Å². The van der Waals surface area contributed by atoms with E-state index in [2.05, 4.69) is 4.72 Å².